The Balaban J connectivity index is 1.43. The number of aliphatic carboxylic acids is 1. The normalized spacial score (nSPS) is 11.4. The van der Waals surface area contributed by atoms with E-state index in [4.69, 9.17) is 10.4 Å². The molecular weight excluding hydrogens is 530 g/mol. The molecule has 0 radical (unpaired) electrons. The molecule has 0 fully saturated rings. The number of hydrogen-bond acceptors (Lipinski definition) is 4. The van der Waals surface area contributed by atoms with Gasteiger partial charge in [-0.25, -0.2) is 4.79 Å². The van der Waals surface area contributed by atoms with Gasteiger partial charge in [0.05, 0.1) is 0 Å². The Bertz CT molecular complexity index is 1730. The average Bonchev–Trinajstić information content (AvgIpc) is 3.06. The molecule has 5 aromatic carbocycles. The quantitative estimate of drug-likeness (QED) is 0.105. The summed E-state index contributed by atoms with van der Waals surface area (Å²) >= 11 is 0. The molecule has 0 bridgehead atoms. The molecule has 43 heavy (non-hydrogen) atoms. The van der Waals surface area contributed by atoms with Crippen LogP contribution in [0.3, 0.4) is 0 Å². The summed E-state index contributed by atoms with van der Waals surface area (Å²) in [5, 5.41) is 17.8. The van der Waals surface area contributed by atoms with Crippen LogP contribution in [0.2, 0.25) is 0 Å². The topological polar surface area (TPSA) is 67.6 Å². The van der Waals surface area contributed by atoms with E-state index < -0.39 is 5.97 Å². The fourth-order valence-corrected chi connectivity index (χ4v) is 4.65. The van der Waals surface area contributed by atoms with E-state index in [0.29, 0.717) is 0 Å². The number of allylic oxidation sites excluding steroid dienone is 4. The van der Waals surface area contributed by atoms with E-state index in [1.165, 1.54) is 12.2 Å². The molecule has 0 amide bonds. The molecule has 208 valence electrons. The average molecular weight is 560 g/mol. The highest BCUT2D eigenvalue weighted by atomic mass is 16.4. The van der Waals surface area contributed by atoms with E-state index in [-0.39, 0.29) is 5.57 Å². The van der Waals surface area contributed by atoms with Gasteiger partial charge in [-0.15, -0.1) is 0 Å². The molecule has 5 nitrogen and oxygen atoms in total. The Morgan fingerprint density at radius 3 is 1.28 bits per heavy atom. The summed E-state index contributed by atoms with van der Waals surface area (Å²) in [6.45, 7) is 0. The molecule has 5 aromatic rings. The summed E-state index contributed by atoms with van der Waals surface area (Å²) in [6.07, 6.45) is 8.23. The molecule has 0 aliphatic heterocycles. The maximum atomic E-state index is 10.9. The van der Waals surface area contributed by atoms with E-state index >= 15 is 0 Å². The van der Waals surface area contributed by atoms with Crippen molar-refractivity contribution in [3.05, 3.63) is 175 Å². The number of nitrogens with zero attached hydrogens (tertiary/aromatic N) is 3. The fourth-order valence-electron chi connectivity index (χ4n) is 4.65. The van der Waals surface area contributed by atoms with E-state index in [2.05, 4.69) is 82.6 Å². The van der Waals surface area contributed by atoms with Crippen molar-refractivity contribution >= 4 is 46.2 Å². The first-order valence-corrected chi connectivity index (χ1v) is 13.8. The Labute approximate surface area is 251 Å². The van der Waals surface area contributed by atoms with Gasteiger partial charge in [0.15, 0.2) is 0 Å². The third-order valence-electron chi connectivity index (χ3n) is 6.69. The second-order valence-corrected chi connectivity index (χ2v) is 9.53. The number of benzene rings is 5. The minimum absolute atomic E-state index is 0.309. The molecule has 0 aromatic heterocycles. The van der Waals surface area contributed by atoms with Crippen molar-refractivity contribution in [2.45, 2.75) is 0 Å². The highest BCUT2D eigenvalue weighted by molar-refractivity contribution is 5.91. The zero-order chi connectivity index (χ0) is 29.9. The minimum atomic E-state index is -1.24. The van der Waals surface area contributed by atoms with Crippen LogP contribution in [-0.4, -0.2) is 11.1 Å². The SMILES string of the molecule is N#CC(=CC=CC=Cc1ccc(N(c2ccccc2)c2ccc(N(c3ccccc3)c3ccccc3)cc2)cc1)C(=O)O. The van der Waals surface area contributed by atoms with Crippen molar-refractivity contribution in [1.29, 1.82) is 5.26 Å². The highest BCUT2D eigenvalue weighted by Gasteiger charge is 2.15. The van der Waals surface area contributed by atoms with Crippen LogP contribution in [0.25, 0.3) is 6.08 Å². The summed E-state index contributed by atoms with van der Waals surface area (Å²) in [6, 6.07) is 49.4. The minimum Gasteiger partial charge on any atom is -0.477 e. The molecular formula is C38H29N3O2. The van der Waals surface area contributed by atoms with Gasteiger partial charge in [-0.3, -0.25) is 0 Å². The zero-order valence-electron chi connectivity index (χ0n) is 23.4. The van der Waals surface area contributed by atoms with E-state index in [1.807, 2.05) is 72.8 Å². The Morgan fingerprint density at radius 2 is 0.907 bits per heavy atom. The summed E-state index contributed by atoms with van der Waals surface area (Å²) in [4.78, 5) is 15.4. The molecule has 0 spiro atoms. The van der Waals surface area contributed by atoms with Crippen LogP contribution in [0.15, 0.2) is 169 Å². The number of carbonyl (C=O) groups is 1. The lowest BCUT2D eigenvalue weighted by molar-refractivity contribution is -0.132. The molecule has 0 atom stereocenters. The summed E-state index contributed by atoms with van der Waals surface area (Å²) in [7, 11) is 0. The summed E-state index contributed by atoms with van der Waals surface area (Å²) in [5.41, 5.74) is 6.99. The number of anilines is 6. The van der Waals surface area contributed by atoms with Gasteiger partial charge >= 0.3 is 5.97 Å². The second-order valence-electron chi connectivity index (χ2n) is 9.53. The van der Waals surface area contributed by atoms with Gasteiger partial charge in [-0.2, -0.15) is 5.26 Å². The molecule has 0 saturated heterocycles. The van der Waals surface area contributed by atoms with Crippen molar-refractivity contribution < 1.29 is 9.90 Å². The third-order valence-corrected chi connectivity index (χ3v) is 6.69. The maximum absolute atomic E-state index is 10.9. The van der Waals surface area contributed by atoms with Crippen molar-refractivity contribution in [2.24, 2.45) is 0 Å². The standard InChI is InChI=1S/C38H29N3O2/c39-29-31(38(42)43)14-6-1-5-13-30-21-23-35(24-22-30)41(34-19-11-4-12-20-34)37-27-25-36(26-28-37)40(32-15-7-2-8-16-32)33-17-9-3-10-18-33/h1-28H,(H,42,43). The van der Waals surface area contributed by atoms with Crippen molar-refractivity contribution in [3.63, 3.8) is 0 Å². The van der Waals surface area contributed by atoms with Crippen molar-refractivity contribution in [2.75, 3.05) is 9.80 Å². The lowest BCUT2D eigenvalue weighted by Crippen LogP contribution is -2.12. The highest BCUT2D eigenvalue weighted by Crippen LogP contribution is 2.38. The van der Waals surface area contributed by atoms with Crippen LogP contribution in [0.4, 0.5) is 34.1 Å². The van der Waals surface area contributed by atoms with E-state index in [1.54, 1.807) is 18.2 Å². The number of para-hydroxylation sites is 3. The molecule has 0 unspecified atom stereocenters. The Kier molecular flexibility index (Phi) is 9.24. The van der Waals surface area contributed by atoms with Gasteiger partial charge in [-0.05, 0) is 84.4 Å². The zero-order valence-corrected chi connectivity index (χ0v) is 23.4. The predicted octanol–water partition coefficient (Wildman–Crippen LogP) is 9.73. The van der Waals surface area contributed by atoms with Gasteiger partial charge in [0.2, 0.25) is 0 Å². The van der Waals surface area contributed by atoms with E-state index in [0.717, 1.165) is 39.7 Å². The lowest BCUT2D eigenvalue weighted by Gasteiger charge is -2.28. The Morgan fingerprint density at radius 1 is 0.535 bits per heavy atom. The van der Waals surface area contributed by atoms with Gasteiger partial charge in [0.25, 0.3) is 0 Å². The summed E-state index contributed by atoms with van der Waals surface area (Å²) < 4.78 is 0. The molecule has 0 aliphatic rings. The van der Waals surface area contributed by atoms with Crippen LogP contribution >= 0.6 is 0 Å². The maximum Gasteiger partial charge on any atom is 0.346 e. The molecule has 0 heterocycles. The fraction of sp³-hybridized carbons (Fsp3) is 0. The largest absolute Gasteiger partial charge is 0.477 e. The van der Waals surface area contributed by atoms with Crippen LogP contribution in [0, 0.1) is 11.3 Å². The monoisotopic (exact) mass is 559 g/mol. The first-order chi connectivity index (χ1) is 21.1. The number of carboxylic acids is 1. The van der Waals surface area contributed by atoms with Gasteiger partial charge < -0.3 is 14.9 Å². The predicted molar refractivity (Wildman–Crippen MR) is 175 cm³/mol. The van der Waals surface area contributed by atoms with Crippen molar-refractivity contribution in [1.82, 2.24) is 0 Å². The molecule has 0 saturated carbocycles. The molecule has 5 heteroatoms. The molecule has 5 rings (SSSR count). The van der Waals surface area contributed by atoms with Gasteiger partial charge in [0, 0.05) is 34.1 Å². The van der Waals surface area contributed by atoms with Gasteiger partial charge in [-0.1, -0.05) is 91.0 Å². The first-order valence-electron chi connectivity index (χ1n) is 13.8. The van der Waals surface area contributed by atoms with Crippen molar-refractivity contribution in [3.8, 4) is 6.07 Å². The van der Waals surface area contributed by atoms with Crippen LogP contribution in [-0.2, 0) is 4.79 Å². The third kappa shape index (κ3) is 7.15. The lowest BCUT2D eigenvalue weighted by atomic mass is 10.1. The second kappa shape index (κ2) is 14.0. The van der Waals surface area contributed by atoms with E-state index in [9.17, 15) is 4.79 Å². The number of nitriles is 1. The van der Waals surface area contributed by atoms with Crippen LogP contribution < -0.4 is 9.80 Å². The number of hydrogen-bond donors (Lipinski definition) is 1. The van der Waals surface area contributed by atoms with Crippen LogP contribution in [0.5, 0.6) is 0 Å². The smallest absolute Gasteiger partial charge is 0.346 e. The number of rotatable bonds is 10. The number of carboxylic acid groups (broad SMARTS) is 1. The molecule has 0 aliphatic carbocycles. The summed E-state index contributed by atoms with van der Waals surface area (Å²) in [5.74, 6) is -1.24. The van der Waals surface area contributed by atoms with Crippen LogP contribution in [0.1, 0.15) is 5.56 Å². The van der Waals surface area contributed by atoms with Gasteiger partial charge in [0.1, 0.15) is 11.6 Å². The first kappa shape index (κ1) is 28.4. The molecule has 1 N–H and O–H groups in total. The Hall–Kier alpha value is -6.12.